The summed E-state index contributed by atoms with van der Waals surface area (Å²) in [7, 11) is 0. The Morgan fingerprint density at radius 2 is 1.38 bits per heavy atom. The third-order valence-electron chi connectivity index (χ3n) is 6.19. The maximum absolute atomic E-state index is 8.74. The highest BCUT2D eigenvalue weighted by Crippen LogP contribution is 2.34. The van der Waals surface area contributed by atoms with Gasteiger partial charge in [-0.05, 0) is 43.5 Å². The van der Waals surface area contributed by atoms with Crippen molar-refractivity contribution >= 4 is 22.7 Å². The van der Waals surface area contributed by atoms with Gasteiger partial charge in [-0.1, -0.05) is 0 Å². The highest BCUT2D eigenvalue weighted by atomic mass is 16.5. The molecule has 0 fully saturated rings. The Balaban J connectivity index is 0.000000208. The summed E-state index contributed by atoms with van der Waals surface area (Å²) in [6, 6.07) is 11.6. The first kappa shape index (κ1) is 28.6. The van der Waals surface area contributed by atoms with Gasteiger partial charge in [0.25, 0.3) is 0 Å². The lowest BCUT2D eigenvalue weighted by Gasteiger charge is -2.31. The van der Waals surface area contributed by atoms with Crippen molar-refractivity contribution in [2.75, 3.05) is 100 Å². The summed E-state index contributed by atoms with van der Waals surface area (Å²) in [6.45, 7) is 8.18. The van der Waals surface area contributed by atoms with E-state index in [1.54, 1.807) is 0 Å². The van der Waals surface area contributed by atoms with Gasteiger partial charge in [-0.3, -0.25) is 0 Å². The van der Waals surface area contributed by atoms with E-state index in [9.17, 15) is 0 Å². The smallest absolute Gasteiger partial charge is 0.144 e. The molecule has 2 aromatic rings. The number of nitrogens with two attached hydrogens (primary N) is 2. The van der Waals surface area contributed by atoms with Gasteiger partial charge in [0.2, 0.25) is 0 Å². The molecule has 0 amide bonds. The first-order chi connectivity index (χ1) is 18.1. The lowest BCUT2D eigenvalue weighted by molar-refractivity contribution is 0.139. The van der Waals surface area contributed by atoms with E-state index in [2.05, 4.69) is 15.1 Å². The molecule has 10 nitrogen and oxygen atoms in total. The third-order valence-corrected chi connectivity index (χ3v) is 6.19. The topological polar surface area (TPSA) is 139 Å². The Hall–Kier alpha value is -2.92. The maximum Gasteiger partial charge on any atom is 0.144 e. The van der Waals surface area contributed by atoms with Gasteiger partial charge in [-0.25, -0.2) is 0 Å². The Morgan fingerprint density at radius 1 is 0.757 bits per heavy atom. The number of unbranched alkanes of at least 4 members (excludes halogenated alkanes) is 2. The minimum Gasteiger partial charge on any atom is -0.489 e. The number of anilines is 4. The zero-order valence-electron chi connectivity index (χ0n) is 21.7. The van der Waals surface area contributed by atoms with Crippen LogP contribution in [0, 0.1) is 0 Å². The molecular weight excluding hydrogens is 474 g/mol. The molecule has 0 spiro atoms. The van der Waals surface area contributed by atoms with Crippen LogP contribution in [0.4, 0.5) is 22.7 Å². The van der Waals surface area contributed by atoms with E-state index in [1.165, 1.54) is 0 Å². The van der Waals surface area contributed by atoms with Crippen LogP contribution in [0.2, 0.25) is 0 Å². The van der Waals surface area contributed by atoms with Gasteiger partial charge in [0.05, 0.1) is 44.3 Å². The Labute approximate surface area is 220 Å². The molecule has 0 radical (unpaired) electrons. The average molecular weight is 518 g/mol. The normalized spacial score (nSPS) is 14.1. The zero-order chi connectivity index (χ0) is 26.3. The van der Waals surface area contributed by atoms with Crippen LogP contribution >= 0.6 is 0 Å². The summed E-state index contributed by atoms with van der Waals surface area (Å²) in [5, 5.41) is 20.4. The molecule has 2 aliphatic rings. The van der Waals surface area contributed by atoms with Gasteiger partial charge < -0.3 is 51.0 Å². The van der Waals surface area contributed by atoms with Crippen molar-refractivity contribution in [2.45, 2.75) is 19.3 Å². The van der Waals surface area contributed by atoms with Gasteiger partial charge in [-0.2, -0.15) is 0 Å². The molecule has 4 rings (SSSR count). The van der Waals surface area contributed by atoms with Crippen molar-refractivity contribution in [3.8, 4) is 11.5 Å². The number of rotatable bonds is 13. The monoisotopic (exact) mass is 517 g/mol. The molecule has 0 unspecified atom stereocenters. The van der Waals surface area contributed by atoms with Crippen LogP contribution in [0.3, 0.4) is 0 Å². The summed E-state index contributed by atoms with van der Waals surface area (Å²) < 4.78 is 16.8. The molecule has 206 valence electrons. The molecule has 10 heteroatoms. The lowest BCUT2D eigenvalue weighted by Crippen LogP contribution is -2.35. The fourth-order valence-electron chi connectivity index (χ4n) is 4.27. The largest absolute Gasteiger partial charge is 0.489 e. The molecule has 0 aliphatic carbocycles. The van der Waals surface area contributed by atoms with Crippen LogP contribution in [-0.2, 0) is 4.74 Å². The van der Waals surface area contributed by atoms with Crippen molar-refractivity contribution in [3.63, 3.8) is 0 Å². The number of aliphatic hydroxyl groups excluding tert-OH is 2. The Morgan fingerprint density at radius 3 is 1.97 bits per heavy atom. The Bertz CT molecular complexity index is 932. The number of fused-ring (bicyclic) bond motifs is 2. The number of nitrogen functional groups attached to an aromatic ring is 2. The number of ether oxygens (including phenoxy) is 3. The van der Waals surface area contributed by atoms with Gasteiger partial charge in [0, 0.05) is 56.3 Å². The van der Waals surface area contributed by atoms with Crippen LogP contribution < -0.4 is 36.1 Å². The average Bonchev–Trinajstić information content (AvgIpc) is 2.90. The van der Waals surface area contributed by atoms with Crippen molar-refractivity contribution < 1.29 is 24.4 Å². The first-order valence-corrected chi connectivity index (χ1v) is 13.2. The van der Waals surface area contributed by atoms with Crippen molar-refractivity contribution in [3.05, 3.63) is 36.4 Å². The van der Waals surface area contributed by atoms with E-state index < -0.39 is 0 Å². The van der Waals surface area contributed by atoms with Crippen LogP contribution in [0.25, 0.3) is 0 Å². The summed E-state index contributed by atoms with van der Waals surface area (Å²) in [6.07, 6.45) is 3.06. The molecule has 2 heterocycles. The summed E-state index contributed by atoms with van der Waals surface area (Å²) in [4.78, 5) is 4.58. The second-order valence-electron chi connectivity index (χ2n) is 9.00. The fourth-order valence-corrected chi connectivity index (χ4v) is 4.27. The minimum absolute atomic E-state index is 0.160. The number of hydrogen-bond donors (Lipinski definition) is 5. The van der Waals surface area contributed by atoms with E-state index in [4.69, 9.17) is 35.9 Å². The SMILES string of the molecule is Nc1ccc2c(c1)OCCN2CCCCCO.Nc1ccc2c(c1)OCCN2CCOCCNCCO. The predicted octanol–water partition coefficient (Wildman–Crippen LogP) is 1.70. The fraction of sp³-hybridized carbons (Fsp3) is 0.556. The quantitative estimate of drug-likeness (QED) is 0.197. The second kappa shape index (κ2) is 16.0. The molecule has 0 aromatic heterocycles. The Kier molecular flexibility index (Phi) is 12.4. The molecule has 37 heavy (non-hydrogen) atoms. The van der Waals surface area contributed by atoms with Gasteiger partial charge in [0.15, 0.2) is 0 Å². The van der Waals surface area contributed by atoms with Crippen LogP contribution in [0.1, 0.15) is 19.3 Å². The highest BCUT2D eigenvalue weighted by molar-refractivity contribution is 5.65. The maximum atomic E-state index is 8.74. The van der Waals surface area contributed by atoms with Crippen LogP contribution in [0.5, 0.6) is 11.5 Å². The molecule has 7 N–H and O–H groups in total. The molecule has 0 atom stereocenters. The van der Waals surface area contributed by atoms with Crippen molar-refractivity contribution in [2.24, 2.45) is 0 Å². The van der Waals surface area contributed by atoms with Crippen molar-refractivity contribution in [1.29, 1.82) is 0 Å². The molecule has 2 aliphatic heterocycles. The standard InChI is InChI=1S/C14H23N3O3.C13H20N2O2/c15-12-1-2-13-14(11-12)20-10-6-17(13)5-9-19-8-4-16-3-7-18;14-11-4-5-12-13(10-11)17-9-7-15(12)6-2-1-3-8-16/h1-2,11,16,18H,3-10,15H2;4-5,10,16H,1-3,6-9,14H2. The molecule has 2 aromatic carbocycles. The second-order valence-corrected chi connectivity index (χ2v) is 9.00. The number of hydrogen-bond acceptors (Lipinski definition) is 10. The first-order valence-electron chi connectivity index (χ1n) is 13.2. The van der Waals surface area contributed by atoms with E-state index >= 15 is 0 Å². The number of benzene rings is 2. The minimum atomic E-state index is 0.160. The lowest BCUT2D eigenvalue weighted by atomic mass is 10.2. The summed E-state index contributed by atoms with van der Waals surface area (Å²) >= 11 is 0. The van der Waals surface area contributed by atoms with E-state index in [0.29, 0.717) is 26.4 Å². The van der Waals surface area contributed by atoms with Gasteiger partial charge in [-0.15, -0.1) is 0 Å². The van der Waals surface area contributed by atoms with Gasteiger partial charge >= 0.3 is 0 Å². The number of aliphatic hydroxyl groups is 2. The molecular formula is C27H43N5O5. The highest BCUT2D eigenvalue weighted by Gasteiger charge is 2.18. The summed E-state index contributed by atoms with van der Waals surface area (Å²) in [5.74, 6) is 1.74. The number of nitrogens with one attached hydrogen (secondary N) is 1. The van der Waals surface area contributed by atoms with Crippen LogP contribution in [-0.4, -0.2) is 89.1 Å². The van der Waals surface area contributed by atoms with E-state index in [0.717, 1.165) is 92.8 Å². The molecule has 0 bridgehead atoms. The molecule has 0 saturated carbocycles. The van der Waals surface area contributed by atoms with E-state index in [-0.39, 0.29) is 13.2 Å². The summed E-state index contributed by atoms with van der Waals surface area (Å²) in [5.41, 5.74) is 15.2. The zero-order valence-corrected chi connectivity index (χ0v) is 21.7. The van der Waals surface area contributed by atoms with Crippen LogP contribution in [0.15, 0.2) is 36.4 Å². The van der Waals surface area contributed by atoms with E-state index in [1.807, 2.05) is 36.4 Å². The predicted molar refractivity (Wildman–Crippen MR) is 149 cm³/mol. The molecule has 0 saturated heterocycles. The third kappa shape index (κ3) is 9.47. The number of nitrogens with zero attached hydrogens (tertiary/aromatic N) is 2. The van der Waals surface area contributed by atoms with Gasteiger partial charge in [0.1, 0.15) is 24.7 Å². The van der Waals surface area contributed by atoms with Crippen molar-refractivity contribution in [1.82, 2.24) is 5.32 Å².